The molecule has 1 aliphatic heterocycles. The third kappa shape index (κ3) is 5.93. The lowest BCUT2D eigenvalue weighted by molar-refractivity contribution is -0.0945. The maximum absolute atomic E-state index is 5.30. The molecule has 0 bridgehead atoms. The van der Waals surface area contributed by atoms with Crippen LogP contribution < -0.4 is 10.6 Å². The number of nitrogens with zero attached hydrogens (tertiary/aromatic N) is 1. The van der Waals surface area contributed by atoms with E-state index < -0.39 is 0 Å². The summed E-state index contributed by atoms with van der Waals surface area (Å²) in [5.41, 5.74) is 0.251. The highest BCUT2D eigenvalue weighted by Gasteiger charge is 2.33. The van der Waals surface area contributed by atoms with Crippen molar-refractivity contribution in [2.75, 3.05) is 26.3 Å². The van der Waals surface area contributed by atoms with E-state index in [4.69, 9.17) is 9.73 Å². The molecule has 4 nitrogen and oxygen atoms in total. The van der Waals surface area contributed by atoms with Crippen LogP contribution in [0.2, 0.25) is 0 Å². The summed E-state index contributed by atoms with van der Waals surface area (Å²) < 4.78 is 5.30. The van der Waals surface area contributed by atoms with Gasteiger partial charge in [0.15, 0.2) is 5.96 Å². The smallest absolute Gasteiger partial charge is 0.191 e. The Morgan fingerprint density at radius 3 is 2.62 bits per heavy atom. The number of guanidine groups is 1. The van der Waals surface area contributed by atoms with E-state index in [9.17, 15) is 0 Å². The van der Waals surface area contributed by atoms with E-state index in [2.05, 4.69) is 31.4 Å². The molecule has 2 atom stereocenters. The fourth-order valence-corrected chi connectivity index (χ4v) is 3.12. The van der Waals surface area contributed by atoms with Gasteiger partial charge in [-0.25, -0.2) is 0 Å². The molecule has 21 heavy (non-hydrogen) atoms. The molecular formula is C16H32IN3O. The van der Waals surface area contributed by atoms with Crippen molar-refractivity contribution in [1.82, 2.24) is 10.6 Å². The van der Waals surface area contributed by atoms with Crippen LogP contribution >= 0.6 is 24.0 Å². The van der Waals surface area contributed by atoms with Gasteiger partial charge in [0.2, 0.25) is 0 Å². The molecule has 2 rings (SSSR count). The van der Waals surface area contributed by atoms with Crippen LogP contribution in [-0.4, -0.2) is 38.3 Å². The molecule has 2 aliphatic rings. The van der Waals surface area contributed by atoms with Crippen molar-refractivity contribution in [2.45, 2.75) is 58.9 Å². The van der Waals surface area contributed by atoms with Gasteiger partial charge >= 0.3 is 0 Å². The number of ether oxygens (including phenoxy) is 1. The Balaban J connectivity index is 0.00000220. The van der Waals surface area contributed by atoms with E-state index in [1.165, 1.54) is 32.1 Å². The Hall–Kier alpha value is -0.0400. The minimum atomic E-state index is 0. The Morgan fingerprint density at radius 2 is 2.05 bits per heavy atom. The molecule has 1 aliphatic carbocycles. The van der Waals surface area contributed by atoms with Gasteiger partial charge in [-0.3, -0.25) is 4.99 Å². The van der Waals surface area contributed by atoms with Gasteiger partial charge in [0, 0.05) is 18.0 Å². The van der Waals surface area contributed by atoms with Gasteiger partial charge in [-0.15, -0.1) is 24.0 Å². The molecule has 5 heteroatoms. The second-order valence-corrected chi connectivity index (χ2v) is 6.78. The van der Waals surface area contributed by atoms with Crippen LogP contribution in [0, 0.1) is 11.3 Å². The molecule has 1 saturated heterocycles. The van der Waals surface area contributed by atoms with Gasteiger partial charge in [0.05, 0.1) is 19.8 Å². The zero-order valence-electron chi connectivity index (χ0n) is 13.8. The first kappa shape index (κ1) is 19.0. The lowest BCUT2D eigenvalue weighted by atomic mass is 9.84. The standard InChI is InChI=1S/C16H31N3O.HI/c1-4-13-7-6-8-14(9-13)19-15(17-5-2)18-10-16(3)11-20-12-16;/h13-14H,4-12H2,1-3H3,(H2,17,18,19);1H. The number of hydrogen-bond acceptors (Lipinski definition) is 2. The van der Waals surface area contributed by atoms with Crippen molar-refractivity contribution in [3.8, 4) is 0 Å². The zero-order chi connectivity index (χ0) is 14.4. The van der Waals surface area contributed by atoms with Crippen molar-refractivity contribution >= 4 is 29.9 Å². The van der Waals surface area contributed by atoms with Gasteiger partial charge in [-0.1, -0.05) is 33.1 Å². The minimum Gasteiger partial charge on any atom is -0.380 e. The van der Waals surface area contributed by atoms with Crippen molar-refractivity contribution in [2.24, 2.45) is 16.3 Å². The quantitative estimate of drug-likeness (QED) is 0.417. The van der Waals surface area contributed by atoms with Crippen LogP contribution in [0.3, 0.4) is 0 Å². The van der Waals surface area contributed by atoms with E-state index >= 15 is 0 Å². The largest absolute Gasteiger partial charge is 0.380 e. The highest BCUT2D eigenvalue weighted by atomic mass is 127. The van der Waals surface area contributed by atoms with E-state index in [1.54, 1.807) is 0 Å². The Bertz CT molecular complexity index is 331. The van der Waals surface area contributed by atoms with Crippen molar-refractivity contribution < 1.29 is 4.74 Å². The van der Waals surface area contributed by atoms with E-state index in [0.29, 0.717) is 6.04 Å². The molecular weight excluding hydrogens is 377 g/mol. The van der Waals surface area contributed by atoms with E-state index in [0.717, 1.165) is 38.2 Å². The molecule has 0 aromatic rings. The maximum atomic E-state index is 5.30. The lowest BCUT2D eigenvalue weighted by Crippen LogP contribution is -2.47. The first-order chi connectivity index (χ1) is 9.65. The van der Waals surface area contributed by atoms with E-state index in [-0.39, 0.29) is 29.4 Å². The summed E-state index contributed by atoms with van der Waals surface area (Å²) in [5.74, 6) is 1.88. The Kier molecular flexibility index (Phi) is 8.31. The number of hydrogen-bond donors (Lipinski definition) is 2. The topological polar surface area (TPSA) is 45.7 Å². The first-order valence-corrected chi connectivity index (χ1v) is 8.28. The van der Waals surface area contributed by atoms with Gasteiger partial charge in [0.25, 0.3) is 0 Å². The molecule has 0 radical (unpaired) electrons. The third-order valence-corrected chi connectivity index (χ3v) is 4.57. The molecule has 1 saturated carbocycles. The first-order valence-electron chi connectivity index (χ1n) is 8.28. The SMILES string of the molecule is CCNC(=NCC1(C)COC1)NC1CCCC(CC)C1.I. The Labute approximate surface area is 146 Å². The number of rotatable bonds is 5. The second kappa shape index (κ2) is 9.18. The molecule has 0 aromatic heterocycles. The predicted molar refractivity (Wildman–Crippen MR) is 99.5 cm³/mol. The fraction of sp³-hybridized carbons (Fsp3) is 0.938. The summed E-state index contributed by atoms with van der Waals surface area (Å²) in [7, 11) is 0. The maximum Gasteiger partial charge on any atom is 0.191 e. The molecule has 2 fully saturated rings. The van der Waals surface area contributed by atoms with Crippen molar-refractivity contribution in [1.29, 1.82) is 0 Å². The molecule has 0 aromatic carbocycles. The van der Waals surface area contributed by atoms with Gasteiger partial charge in [0.1, 0.15) is 0 Å². The fourth-order valence-electron chi connectivity index (χ4n) is 3.12. The lowest BCUT2D eigenvalue weighted by Gasteiger charge is -2.37. The zero-order valence-corrected chi connectivity index (χ0v) is 16.1. The molecule has 2 unspecified atom stereocenters. The van der Waals surface area contributed by atoms with Crippen LogP contribution in [0.5, 0.6) is 0 Å². The van der Waals surface area contributed by atoms with Crippen LogP contribution in [-0.2, 0) is 4.74 Å². The molecule has 1 heterocycles. The van der Waals surface area contributed by atoms with Crippen LogP contribution in [0.4, 0.5) is 0 Å². The monoisotopic (exact) mass is 409 g/mol. The van der Waals surface area contributed by atoms with Gasteiger partial charge in [-0.2, -0.15) is 0 Å². The normalized spacial score (nSPS) is 28.2. The van der Waals surface area contributed by atoms with Gasteiger partial charge in [-0.05, 0) is 25.7 Å². The summed E-state index contributed by atoms with van der Waals surface area (Å²) in [4.78, 5) is 4.77. The average Bonchev–Trinajstić information content (AvgIpc) is 2.43. The van der Waals surface area contributed by atoms with Crippen molar-refractivity contribution in [3.05, 3.63) is 0 Å². The van der Waals surface area contributed by atoms with E-state index in [1.807, 2.05) is 0 Å². The van der Waals surface area contributed by atoms with Crippen LogP contribution in [0.15, 0.2) is 4.99 Å². The highest BCUT2D eigenvalue weighted by Crippen LogP contribution is 2.27. The number of nitrogens with one attached hydrogen (secondary N) is 2. The second-order valence-electron chi connectivity index (χ2n) is 6.78. The van der Waals surface area contributed by atoms with Crippen LogP contribution in [0.25, 0.3) is 0 Å². The summed E-state index contributed by atoms with van der Waals surface area (Å²) >= 11 is 0. The summed E-state index contributed by atoms with van der Waals surface area (Å²) in [6.45, 7) is 10.1. The minimum absolute atomic E-state index is 0. The molecule has 0 amide bonds. The van der Waals surface area contributed by atoms with Crippen LogP contribution in [0.1, 0.15) is 52.9 Å². The Morgan fingerprint density at radius 1 is 1.29 bits per heavy atom. The molecule has 0 spiro atoms. The molecule has 2 N–H and O–H groups in total. The summed E-state index contributed by atoms with van der Waals surface area (Å²) in [6, 6.07) is 0.594. The molecule has 124 valence electrons. The number of aliphatic imine (C=N–C) groups is 1. The summed E-state index contributed by atoms with van der Waals surface area (Å²) in [5, 5.41) is 7.02. The number of halogens is 1. The summed E-state index contributed by atoms with van der Waals surface area (Å²) in [6.07, 6.45) is 6.63. The highest BCUT2D eigenvalue weighted by molar-refractivity contribution is 14.0. The average molecular weight is 409 g/mol. The predicted octanol–water partition coefficient (Wildman–Crippen LogP) is 3.16. The van der Waals surface area contributed by atoms with Gasteiger partial charge < -0.3 is 15.4 Å². The van der Waals surface area contributed by atoms with Crippen molar-refractivity contribution in [3.63, 3.8) is 0 Å². The third-order valence-electron chi connectivity index (χ3n) is 4.57.